The molecule has 2 aromatic rings. The van der Waals surface area contributed by atoms with Crippen LogP contribution in [0, 0.1) is 0 Å². The summed E-state index contributed by atoms with van der Waals surface area (Å²) in [5, 5.41) is 0.255. The summed E-state index contributed by atoms with van der Waals surface area (Å²) in [4.78, 5) is 16.1. The second kappa shape index (κ2) is 7.19. The van der Waals surface area contributed by atoms with Crippen LogP contribution in [-0.4, -0.2) is 36.7 Å². The monoisotopic (exact) mass is 336 g/mol. The van der Waals surface area contributed by atoms with Gasteiger partial charge in [-0.05, 0) is 35.9 Å². The van der Waals surface area contributed by atoms with Gasteiger partial charge >= 0.3 is 0 Å². The molecule has 0 aliphatic carbocycles. The maximum Gasteiger partial charge on any atom is 0.203 e. The molecule has 0 aliphatic heterocycles. The molecule has 122 valence electrons. The van der Waals surface area contributed by atoms with E-state index in [1.54, 1.807) is 32.4 Å². The molecular weight excluding hydrogens is 320 g/mol. The number of ether oxygens (including phenoxy) is 3. The first-order chi connectivity index (χ1) is 11.0. The first-order valence-corrected chi connectivity index (χ1v) is 7.09. The summed E-state index contributed by atoms with van der Waals surface area (Å²) >= 11 is 5.84. The fourth-order valence-electron chi connectivity index (χ4n) is 2.12. The Kier molecular flexibility index (Phi) is 5.28. The van der Waals surface area contributed by atoms with Crippen molar-refractivity contribution >= 4 is 23.5 Å². The Bertz CT molecular complexity index is 753. The molecular formula is C16H17ClN2O4. The van der Waals surface area contributed by atoms with Crippen molar-refractivity contribution in [2.45, 2.75) is 0 Å². The molecule has 1 heterocycles. The lowest BCUT2D eigenvalue weighted by Gasteiger charge is -2.13. The van der Waals surface area contributed by atoms with Crippen LogP contribution in [0.3, 0.4) is 0 Å². The summed E-state index contributed by atoms with van der Waals surface area (Å²) in [7, 11) is 6.27. The van der Waals surface area contributed by atoms with E-state index < -0.39 is 0 Å². The number of aromatic nitrogens is 2. The molecule has 0 radical (unpaired) electrons. The zero-order chi connectivity index (χ0) is 17.0. The van der Waals surface area contributed by atoms with Crippen LogP contribution < -0.4 is 14.2 Å². The minimum absolute atomic E-state index is 0.219. The van der Waals surface area contributed by atoms with Crippen LogP contribution in [-0.2, 0) is 7.05 Å². The molecule has 0 bridgehead atoms. The highest BCUT2D eigenvalue weighted by molar-refractivity contribution is 6.28. The van der Waals surface area contributed by atoms with Gasteiger partial charge in [0.2, 0.25) is 16.8 Å². The molecule has 0 saturated carbocycles. The van der Waals surface area contributed by atoms with Gasteiger partial charge in [0.1, 0.15) is 5.69 Å². The predicted octanol–water partition coefficient (Wildman–Crippen LogP) is 3.00. The lowest BCUT2D eigenvalue weighted by atomic mass is 10.1. The van der Waals surface area contributed by atoms with E-state index >= 15 is 0 Å². The molecule has 0 saturated heterocycles. The number of halogens is 1. The Balaban J connectivity index is 2.36. The minimum Gasteiger partial charge on any atom is -0.493 e. The van der Waals surface area contributed by atoms with E-state index in [1.807, 2.05) is 0 Å². The van der Waals surface area contributed by atoms with E-state index in [0.717, 1.165) is 0 Å². The number of ketones is 1. The maximum atomic E-state index is 12.2. The fourth-order valence-corrected chi connectivity index (χ4v) is 2.26. The van der Waals surface area contributed by atoms with Crippen molar-refractivity contribution in [3.05, 3.63) is 40.9 Å². The molecule has 0 amide bonds. The molecule has 6 nitrogen and oxygen atoms in total. The zero-order valence-corrected chi connectivity index (χ0v) is 14.0. The van der Waals surface area contributed by atoms with Crippen LogP contribution in [0.15, 0.2) is 24.4 Å². The largest absolute Gasteiger partial charge is 0.493 e. The molecule has 0 spiro atoms. The van der Waals surface area contributed by atoms with E-state index in [0.29, 0.717) is 28.5 Å². The highest BCUT2D eigenvalue weighted by atomic mass is 35.5. The third kappa shape index (κ3) is 3.32. The number of hydrogen-bond donors (Lipinski definition) is 0. The topological polar surface area (TPSA) is 62.6 Å². The molecule has 23 heavy (non-hydrogen) atoms. The van der Waals surface area contributed by atoms with E-state index in [2.05, 4.69) is 4.98 Å². The smallest absolute Gasteiger partial charge is 0.203 e. The fraction of sp³-hybridized carbons (Fsp3) is 0.250. The van der Waals surface area contributed by atoms with Gasteiger partial charge in [-0.15, -0.1) is 0 Å². The number of nitrogens with zero attached hydrogens (tertiary/aromatic N) is 2. The van der Waals surface area contributed by atoms with E-state index in [9.17, 15) is 4.79 Å². The highest BCUT2D eigenvalue weighted by Crippen LogP contribution is 2.40. The van der Waals surface area contributed by atoms with Gasteiger partial charge in [0.25, 0.3) is 0 Å². The average molecular weight is 337 g/mol. The second-order valence-corrected chi connectivity index (χ2v) is 4.93. The molecule has 1 aromatic heterocycles. The number of methoxy groups -OCH3 is 3. The lowest BCUT2D eigenvalue weighted by molar-refractivity contribution is 0.104. The van der Waals surface area contributed by atoms with Gasteiger partial charge in [-0.3, -0.25) is 4.79 Å². The van der Waals surface area contributed by atoms with Crippen molar-refractivity contribution in [2.75, 3.05) is 21.3 Å². The van der Waals surface area contributed by atoms with Crippen molar-refractivity contribution in [1.82, 2.24) is 9.55 Å². The molecule has 2 rings (SSSR count). The Morgan fingerprint density at radius 3 is 2.39 bits per heavy atom. The SMILES string of the molecule is COc1ccc(/C=C/C(=O)c2cnc(Cl)n2C)c(OC)c1OC. The van der Waals surface area contributed by atoms with Crippen molar-refractivity contribution in [2.24, 2.45) is 7.05 Å². The Hall–Kier alpha value is -2.47. The van der Waals surface area contributed by atoms with Crippen LogP contribution in [0.4, 0.5) is 0 Å². The quantitative estimate of drug-likeness (QED) is 0.599. The summed E-state index contributed by atoms with van der Waals surface area (Å²) < 4.78 is 17.4. The number of benzene rings is 1. The molecule has 7 heteroatoms. The normalized spacial score (nSPS) is 10.8. The highest BCUT2D eigenvalue weighted by Gasteiger charge is 2.15. The van der Waals surface area contributed by atoms with Crippen LogP contribution >= 0.6 is 11.6 Å². The number of hydrogen-bond acceptors (Lipinski definition) is 5. The van der Waals surface area contributed by atoms with E-state index in [1.165, 1.54) is 31.1 Å². The number of carbonyl (C=O) groups excluding carboxylic acids is 1. The molecule has 0 N–H and O–H groups in total. The first kappa shape index (κ1) is 16.9. The Morgan fingerprint density at radius 2 is 1.87 bits per heavy atom. The molecule has 1 aromatic carbocycles. The predicted molar refractivity (Wildman–Crippen MR) is 87.7 cm³/mol. The number of imidazole rings is 1. The molecule has 0 unspecified atom stereocenters. The molecule has 0 aliphatic rings. The van der Waals surface area contributed by atoms with Gasteiger partial charge in [0, 0.05) is 12.6 Å². The van der Waals surface area contributed by atoms with Crippen molar-refractivity contribution in [3.8, 4) is 17.2 Å². The second-order valence-electron chi connectivity index (χ2n) is 4.59. The number of allylic oxidation sites excluding steroid dienone is 1. The number of rotatable bonds is 6. The van der Waals surface area contributed by atoms with Crippen molar-refractivity contribution < 1.29 is 19.0 Å². The van der Waals surface area contributed by atoms with Gasteiger partial charge in [-0.1, -0.05) is 0 Å². The minimum atomic E-state index is -0.219. The van der Waals surface area contributed by atoms with Crippen LogP contribution in [0.2, 0.25) is 5.28 Å². The van der Waals surface area contributed by atoms with Crippen LogP contribution in [0.1, 0.15) is 16.1 Å². The van der Waals surface area contributed by atoms with E-state index in [4.69, 9.17) is 25.8 Å². The molecule has 0 fully saturated rings. The Morgan fingerprint density at radius 1 is 1.17 bits per heavy atom. The van der Waals surface area contributed by atoms with Gasteiger partial charge in [0.15, 0.2) is 11.5 Å². The van der Waals surface area contributed by atoms with Crippen LogP contribution in [0.25, 0.3) is 6.08 Å². The Labute approximate surface area is 139 Å². The summed E-state index contributed by atoms with van der Waals surface area (Å²) in [5.74, 6) is 1.28. The maximum absolute atomic E-state index is 12.2. The van der Waals surface area contributed by atoms with Gasteiger partial charge in [-0.2, -0.15) is 0 Å². The van der Waals surface area contributed by atoms with Crippen LogP contribution in [0.5, 0.6) is 17.2 Å². The average Bonchev–Trinajstić information content (AvgIpc) is 2.90. The third-order valence-electron chi connectivity index (χ3n) is 3.33. The summed E-state index contributed by atoms with van der Waals surface area (Å²) in [5.41, 5.74) is 1.08. The molecule has 0 atom stereocenters. The standard InChI is InChI=1S/C16H17ClN2O4/c1-19-11(9-18-16(19)17)12(20)7-5-10-6-8-13(21-2)15(23-4)14(10)22-3/h5-9H,1-4H3/b7-5+. The zero-order valence-electron chi connectivity index (χ0n) is 13.3. The van der Waals surface area contributed by atoms with E-state index in [-0.39, 0.29) is 11.1 Å². The number of carbonyl (C=O) groups is 1. The van der Waals surface area contributed by atoms with Gasteiger partial charge in [-0.25, -0.2) is 4.98 Å². The van der Waals surface area contributed by atoms with Gasteiger partial charge in [0.05, 0.1) is 27.5 Å². The lowest BCUT2D eigenvalue weighted by Crippen LogP contribution is -2.03. The summed E-state index contributed by atoms with van der Waals surface area (Å²) in [6.07, 6.45) is 4.50. The van der Waals surface area contributed by atoms with Gasteiger partial charge < -0.3 is 18.8 Å². The van der Waals surface area contributed by atoms with Crippen molar-refractivity contribution in [1.29, 1.82) is 0 Å². The summed E-state index contributed by atoms with van der Waals surface area (Å²) in [6, 6.07) is 3.52. The summed E-state index contributed by atoms with van der Waals surface area (Å²) in [6.45, 7) is 0. The van der Waals surface area contributed by atoms with Crippen molar-refractivity contribution in [3.63, 3.8) is 0 Å². The first-order valence-electron chi connectivity index (χ1n) is 6.72. The third-order valence-corrected chi connectivity index (χ3v) is 3.68.